The van der Waals surface area contributed by atoms with Gasteiger partial charge in [0.05, 0.1) is 12.6 Å². The topological polar surface area (TPSA) is 47.6 Å². The molecular weight excluding hydrogens is 328 g/mol. The van der Waals surface area contributed by atoms with Gasteiger partial charge in [-0.2, -0.15) is 0 Å². The maximum absolute atomic E-state index is 5.99. The van der Waals surface area contributed by atoms with Crippen LogP contribution in [0.15, 0.2) is 53.5 Å². The average molecular weight is 353 g/mol. The third-order valence-corrected chi connectivity index (χ3v) is 6.33. The fourth-order valence-corrected chi connectivity index (χ4v) is 4.97. The van der Waals surface area contributed by atoms with E-state index in [4.69, 9.17) is 15.5 Å². The molecule has 0 amide bonds. The van der Waals surface area contributed by atoms with Crippen LogP contribution in [0.5, 0.6) is 5.75 Å². The minimum Gasteiger partial charge on any atom is -0.497 e. The average Bonchev–Trinajstić information content (AvgIpc) is 3.43. The minimum absolute atomic E-state index is 0.00592. The highest BCUT2D eigenvalue weighted by atomic mass is 32.2. The van der Waals surface area contributed by atoms with Crippen molar-refractivity contribution in [1.82, 2.24) is 0 Å². The zero-order valence-electron chi connectivity index (χ0n) is 14.7. The summed E-state index contributed by atoms with van der Waals surface area (Å²) in [4.78, 5) is 4.80. The highest BCUT2D eigenvalue weighted by Gasteiger charge is 2.51. The fourth-order valence-electron chi connectivity index (χ4n) is 3.97. The molecule has 3 nitrogen and oxygen atoms in total. The molecule has 130 valence electrons. The summed E-state index contributed by atoms with van der Waals surface area (Å²) < 4.78 is 5.36. The number of amidine groups is 1. The van der Waals surface area contributed by atoms with Crippen molar-refractivity contribution in [2.45, 2.75) is 31.2 Å². The zero-order valence-corrected chi connectivity index (χ0v) is 15.6. The number of thioether (sulfide) groups is 1. The van der Waals surface area contributed by atoms with Gasteiger partial charge in [-0.1, -0.05) is 48.2 Å². The Hall–Kier alpha value is -1.94. The van der Waals surface area contributed by atoms with Crippen LogP contribution in [0.1, 0.15) is 31.2 Å². The summed E-state index contributed by atoms with van der Waals surface area (Å²) in [6.45, 7) is 2.27. The van der Waals surface area contributed by atoms with Crippen molar-refractivity contribution >= 4 is 16.9 Å². The van der Waals surface area contributed by atoms with Crippen LogP contribution in [0.2, 0.25) is 0 Å². The van der Waals surface area contributed by atoms with Crippen molar-refractivity contribution in [2.24, 2.45) is 16.6 Å². The van der Waals surface area contributed by atoms with Crippen LogP contribution in [0.3, 0.4) is 0 Å². The molecule has 1 fully saturated rings. The molecule has 1 aliphatic carbocycles. The van der Waals surface area contributed by atoms with E-state index in [0.717, 1.165) is 23.1 Å². The minimum atomic E-state index is 0.00592. The Kier molecular flexibility index (Phi) is 4.24. The third-order valence-electron chi connectivity index (χ3n) is 5.53. The summed E-state index contributed by atoms with van der Waals surface area (Å²) in [7, 11) is 1.71. The van der Waals surface area contributed by atoms with Crippen LogP contribution in [0, 0.1) is 5.92 Å². The first-order chi connectivity index (χ1) is 12.1. The maximum atomic E-state index is 5.99. The van der Waals surface area contributed by atoms with E-state index in [1.165, 1.54) is 23.1 Å². The van der Waals surface area contributed by atoms with Gasteiger partial charge in [0.1, 0.15) is 5.75 Å². The molecule has 2 aromatic rings. The molecule has 0 bridgehead atoms. The van der Waals surface area contributed by atoms with Gasteiger partial charge in [-0.05, 0) is 60.4 Å². The number of rotatable bonds is 4. The molecule has 25 heavy (non-hydrogen) atoms. The van der Waals surface area contributed by atoms with E-state index < -0.39 is 0 Å². The second kappa shape index (κ2) is 6.41. The van der Waals surface area contributed by atoms with E-state index in [0.29, 0.717) is 11.8 Å². The predicted molar refractivity (Wildman–Crippen MR) is 106 cm³/mol. The molecule has 1 heterocycles. The first-order valence-electron chi connectivity index (χ1n) is 8.81. The Balaban J connectivity index is 1.58. The lowest BCUT2D eigenvalue weighted by Gasteiger charge is -2.29. The number of hydrogen-bond donors (Lipinski definition) is 1. The molecule has 0 unspecified atom stereocenters. The van der Waals surface area contributed by atoms with Crippen LogP contribution in [-0.2, 0) is 0 Å². The van der Waals surface area contributed by atoms with E-state index in [9.17, 15) is 0 Å². The van der Waals surface area contributed by atoms with Crippen LogP contribution in [0.4, 0.5) is 0 Å². The predicted octanol–water partition coefficient (Wildman–Crippen LogP) is 4.68. The van der Waals surface area contributed by atoms with Gasteiger partial charge in [-0.25, -0.2) is 0 Å². The Bertz CT molecular complexity index is 819. The molecule has 0 radical (unpaired) electrons. The lowest BCUT2D eigenvalue weighted by molar-refractivity contribution is 0.392. The normalized spacial score (nSPS) is 28.3. The molecule has 2 aliphatic rings. The molecule has 3 atom stereocenters. The van der Waals surface area contributed by atoms with Crippen LogP contribution < -0.4 is 10.5 Å². The summed E-state index contributed by atoms with van der Waals surface area (Å²) in [5.41, 5.74) is 9.85. The number of nitrogens with zero attached hydrogens (tertiary/aromatic N) is 1. The van der Waals surface area contributed by atoms with E-state index in [1.807, 2.05) is 12.1 Å². The van der Waals surface area contributed by atoms with Gasteiger partial charge < -0.3 is 10.5 Å². The summed E-state index contributed by atoms with van der Waals surface area (Å²) in [5, 5.41) is 0.754. The van der Waals surface area contributed by atoms with Crippen LogP contribution in [-0.4, -0.2) is 23.6 Å². The van der Waals surface area contributed by atoms with Gasteiger partial charge in [0.25, 0.3) is 0 Å². The number of methoxy groups -OCH3 is 1. The Morgan fingerprint density at radius 1 is 1.16 bits per heavy atom. The summed E-state index contributed by atoms with van der Waals surface area (Å²) in [5.74, 6) is 3.17. The molecule has 2 aromatic carbocycles. The summed E-state index contributed by atoms with van der Waals surface area (Å²) in [6.07, 6.45) is 2.33. The van der Waals surface area contributed by atoms with Crippen LogP contribution >= 0.6 is 11.8 Å². The summed E-state index contributed by atoms with van der Waals surface area (Å²) >= 11 is 1.68. The molecule has 1 aliphatic heterocycles. The third kappa shape index (κ3) is 3.28. The largest absolute Gasteiger partial charge is 0.497 e. The van der Waals surface area contributed by atoms with Crippen LogP contribution in [0.25, 0.3) is 11.1 Å². The van der Waals surface area contributed by atoms with Crippen molar-refractivity contribution in [1.29, 1.82) is 0 Å². The van der Waals surface area contributed by atoms with Crippen molar-refractivity contribution in [3.05, 3.63) is 54.1 Å². The number of ether oxygens (including phenoxy) is 1. The van der Waals surface area contributed by atoms with Crippen molar-refractivity contribution in [2.75, 3.05) is 12.9 Å². The number of aliphatic imine (C=N–C) groups is 1. The molecule has 4 rings (SSSR count). The van der Waals surface area contributed by atoms with Crippen molar-refractivity contribution in [3.8, 4) is 16.9 Å². The first kappa shape index (κ1) is 16.5. The molecule has 0 aromatic heterocycles. The Morgan fingerprint density at radius 2 is 1.92 bits per heavy atom. The second-order valence-electron chi connectivity index (χ2n) is 7.21. The quantitative estimate of drug-likeness (QED) is 0.869. The van der Waals surface area contributed by atoms with Crippen molar-refractivity contribution < 1.29 is 4.74 Å². The smallest absolute Gasteiger partial charge is 0.154 e. The Morgan fingerprint density at radius 3 is 2.68 bits per heavy atom. The standard InChI is InChI=1S/C21H24N2OS/c1-21(9-10-25-20(22)23-21)19-13-18(19)16-7-3-5-14(11-16)15-6-4-8-17(12-15)24-2/h3-8,11-12,18-19H,9-10,13H2,1-2H3,(H2,22,23)/t18-,19+,21-/m0/s1. The fraction of sp³-hybridized carbons (Fsp3) is 0.381. The first-order valence-corrected chi connectivity index (χ1v) is 9.80. The highest BCUT2D eigenvalue weighted by molar-refractivity contribution is 8.13. The lowest BCUT2D eigenvalue weighted by Crippen LogP contribution is -2.33. The van der Waals surface area contributed by atoms with Gasteiger partial charge in [-0.3, -0.25) is 4.99 Å². The number of benzene rings is 2. The molecule has 2 N–H and O–H groups in total. The molecule has 1 saturated carbocycles. The van der Waals surface area contributed by atoms with Gasteiger partial charge >= 0.3 is 0 Å². The van der Waals surface area contributed by atoms with E-state index >= 15 is 0 Å². The maximum Gasteiger partial charge on any atom is 0.154 e. The van der Waals surface area contributed by atoms with E-state index in [1.54, 1.807) is 18.9 Å². The van der Waals surface area contributed by atoms with Gasteiger partial charge in [-0.15, -0.1) is 0 Å². The lowest BCUT2D eigenvalue weighted by atomic mass is 9.90. The van der Waals surface area contributed by atoms with Crippen molar-refractivity contribution in [3.63, 3.8) is 0 Å². The number of hydrogen-bond acceptors (Lipinski definition) is 4. The molecule has 4 heteroatoms. The number of nitrogens with two attached hydrogens (primary N) is 1. The van der Waals surface area contributed by atoms with Gasteiger partial charge in [0.2, 0.25) is 0 Å². The highest BCUT2D eigenvalue weighted by Crippen LogP contribution is 2.57. The monoisotopic (exact) mass is 352 g/mol. The van der Waals surface area contributed by atoms with Gasteiger partial charge in [0, 0.05) is 5.75 Å². The molecule has 0 spiro atoms. The van der Waals surface area contributed by atoms with Gasteiger partial charge in [0.15, 0.2) is 5.17 Å². The summed E-state index contributed by atoms with van der Waals surface area (Å²) in [6, 6.07) is 17.2. The zero-order chi connectivity index (χ0) is 17.4. The SMILES string of the molecule is COc1cccc(-c2cccc([C@@H]3C[C@H]3[C@]3(C)CCSC(N)=N3)c2)c1. The Labute approximate surface area is 153 Å². The second-order valence-corrected chi connectivity index (χ2v) is 8.33. The molecule has 0 saturated heterocycles. The van der Waals surface area contributed by atoms with E-state index in [2.05, 4.69) is 43.3 Å². The molecular formula is C21H24N2OS. The van der Waals surface area contributed by atoms with E-state index in [-0.39, 0.29) is 5.54 Å².